The fraction of sp³-hybridized carbons (Fsp3) is 0.500. The van der Waals surface area contributed by atoms with Gasteiger partial charge in [-0.15, -0.1) is 0 Å². The van der Waals surface area contributed by atoms with Crippen LogP contribution in [0.4, 0.5) is 4.79 Å². The van der Waals surface area contributed by atoms with Gasteiger partial charge in [-0.3, -0.25) is 9.59 Å². The van der Waals surface area contributed by atoms with Crippen LogP contribution in [-0.2, 0) is 22.7 Å². The standard InChI is InChI=1S/C18H23N3O4/c22-16-5-2-6-21(16)11-13-4-1-3-12(7-13)10-19-18(25)20-15-8-14(9-15)17(23)24/h1,3-4,7,14-15H,2,5-6,8-11H2,(H,23,24)(H2,19,20,25). The Balaban J connectivity index is 1.43. The summed E-state index contributed by atoms with van der Waals surface area (Å²) in [5.74, 6) is -0.940. The number of carbonyl (C=O) groups is 3. The summed E-state index contributed by atoms with van der Waals surface area (Å²) in [5, 5.41) is 14.4. The number of nitrogens with zero attached hydrogens (tertiary/aromatic N) is 1. The molecule has 1 saturated carbocycles. The number of urea groups is 1. The Hall–Kier alpha value is -2.57. The van der Waals surface area contributed by atoms with E-state index in [2.05, 4.69) is 10.6 Å². The lowest BCUT2D eigenvalue weighted by molar-refractivity contribution is -0.145. The summed E-state index contributed by atoms with van der Waals surface area (Å²) in [4.78, 5) is 36.2. The van der Waals surface area contributed by atoms with Gasteiger partial charge in [-0.2, -0.15) is 0 Å². The van der Waals surface area contributed by atoms with E-state index in [1.807, 2.05) is 29.2 Å². The van der Waals surface area contributed by atoms with Gasteiger partial charge in [-0.1, -0.05) is 24.3 Å². The Morgan fingerprint density at radius 3 is 2.68 bits per heavy atom. The van der Waals surface area contributed by atoms with Crippen molar-refractivity contribution in [2.75, 3.05) is 6.54 Å². The maximum Gasteiger partial charge on any atom is 0.315 e. The zero-order valence-corrected chi connectivity index (χ0v) is 14.0. The molecule has 0 unspecified atom stereocenters. The summed E-state index contributed by atoms with van der Waals surface area (Å²) in [6, 6.07) is 7.49. The van der Waals surface area contributed by atoms with Gasteiger partial charge in [0.25, 0.3) is 0 Å². The van der Waals surface area contributed by atoms with Crippen LogP contribution in [0.25, 0.3) is 0 Å². The van der Waals surface area contributed by atoms with Crippen LogP contribution in [0.2, 0.25) is 0 Å². The number of amides is 3. The predicted octanol–water partition coefficient (Wildman–Crippen LogP) is 1.47. The summed E-state index contributed by atoms with van der Waals surface area (Å²) in [7, 11) is 0. The van der Waals surface area contributed by atoms with Crippen LogP contribution in [0.1, 0.15) is 36.8 Å². The van der Waals surface area contributed by atoms with Crippen LogP contribution < -0.4 is 10.6 Å². The molecule has 1 aliphatic carbocycles. The Labute approximate surface area is 146 Å². The van der Waals surface area contributed by atoms with Crippen molar-refractivity contribution < 1.29 is 19.5 Å². The molecule has 3 N–H and O–H groups in total. The van der Waals surface area contributed by atoms with Gasteiger partial charge in [0.2, 0.25) is 5.91 Å². The lowest BCUT2D eigenvalue weighted by Gasteiger charge is -2.32. The first-order valence-electron chi connectivity index (χ1n) is 8.64. The summed E-state index contributed by atoms with van der Waals surface area (Å²) in [5.41, 5.74) is 2.02. The zero-order valence-electron chi connectivity index (χ0n) is 14.0. The van der Waals surface area contributed by atoms with E-state index in [0.717, 1.165) is 24.1 Å². The zero-order chi connectivity index (χ0) is 17.8. The number of aliphatic carboxylic acids is 1. The third-order valence-electron chi connectivity index (χ3n) is 4.81. The van der Waals surface area contributed by atoms with Gasteiger partial charge < -0.3 is 20.6 Å². The monoisotopic (exact) mass is 345 g/mol. The van der Waals surface area contributed by atoms with E-state index in [1.54, 1.807) is 0 Å². The molecule has 1 aromatic carbocycles. The number of carboxylic acid groups (broad SMARTS) is 1. The van der Waals surface area contributed by atoms with Gasteiger partial charge in [-0.25, -0.2) is 4.79 Å². The van der Waals surface area contributed by atoms with E-state index in [1.165, 1.54) is 0 Å². The van der Waals surface area contributed by atoms with Crippen molar-refractivity contribution in [3.63, 3.8) is 0 Å². The lowest BCUT2D eigenvalue weighted by atomic mass is 9.80. The highest BCUT2D eigenvalue weighted by molar-refractivity contribution is 5.78. The Bertz CT molecular complexity index is 670. The first-order valence-corrected chi connectivity index (χ1v) is 8.64. The molecule has 7 heteroatoms. The Morgan fingerprint density at radius 2 is 2.00 bits per heavy atom. The van der Waals surface area contributed by atoms with Crippen LogP contribution in [-0.4, -0.2) is 40.5 Å². The molecule has 25 heavy (non-hydrogen) atoms. The average molecular weight is 345 g/mol. The van der Waals surface area contributed by atoms with Crippen LogP contribution in [0.3, 0.4) is 0 Å². The van der Waals surface area contributed by atoms with Crippen LogP contribution in [0.15, 0.2) is 24.3 Å². The fourth-order valence-corrected chi connectivity index (χ4v) is 3.29. The van der Waals surface area contributed by atoms with Crippen molar-refractivity contribution in [3.8, 4) is 0 Å². The molecule has 3 rings (SSSR count). The molecule has 1 aliphatic heterocycles. The number of carboxylic acids is 1. The van der Waals surface area contributed by atoms with Crippen molar-refractivity contribution in [2.24, 2.45) is 5.92 Å². The van der Waals surface area contributed by atoms with Gasteiger partial charge in [0, 0.05) is 32.1 Å². The van der Waals surface area contributed by atoms with Crippen molar-refractivity contribution in [1.82, 2.24) is 15.5 Å². The number of nitrogens with one attached hydrogen (secondary N) is 2. The Kier molecular flexibility index (Phi) is 5.21. The second kappa shape index (κ2) is 7.55. The Morgan fingerprint density at radius 1 is 1.24 bits per heavy atom. The lowest BCUT2D eigenvalue weighted by Crippen LogP contribution is -2.49. The molecule has 7 nitrogen and oxygen atoms in total. The van der Waals surface area contributed by atoms with E-state index in [4.69, 9.17) is 5.11 Å². The summed E-state index contributed by atoms with van der Waals surface area (Å²) < 4.78 is 0. The number of carbonyl (C=O) groups excluding carboxylic acids is 2. The highest BCUT2D eigenvalue weighted by Gasteiger charge is 2.35. The molecule has 1 saturated heterocycles. The summed E-state index contributed by atoms with van der Waals surface area (Å²) >= 11 is 0. The highest BCUT2D eigenvalue weighted by atomic mass is 16.4. The van der Waals surface area contributed by atoms with Gasteiger partial charge in [0.15, 0.2) is 0 Å². The molecule has 0 atom stereocenters. The van der Waals surface area contributed by atoms with E-state index >= 15 is 0 Å². The third-order valence-corrected chi connectivity index (χ3v) is 4.81. The van der Waals surface area contributed by atoms with Crippen LogP contribution in [0.5, 0.6) is 0 Å². The van der Waals surface area contributed by atoms with E-state index in [-0.39, 0.29) is 23.9 Å². The SMILES string of the molecule is O=C(NCc1cccc(CN2CCCC2=O)c1)NC1CC(C(=O)O)C1. The van der Waals surface area contributed by atoms with Gasteiger partial charge in [0.1, 0.15) is 0 Å². The molecule has 2 fully saturated rings. The average Bonchev–Trinajstić information content (AvgIpc) is 2.93. The molecule has 0 radical (unpaired) electrons. The molecule has 134 valence electrons. The summed E-state index contributed by atoms with van der Waals surface area (Å²) in [6.45, 7) is 1.81. The summed E-state index contributed by atoms with van der Waals surface area (Å²) in [6.07, 6.45) is 2.53. The molecule has 0 bridgehead atoms. The molecule has 0 aromatic heterocycles. The number of likely N-dealkylation sites (tertiary alicyclic amines) is 1. The van der Waals surface area contributed by atoms with Gasteiger partial charge in [0.05, 0.1) is 5.92 Å². The molecule has 1 heterocycles. The number of hydrogen-bond acceptors (Lipinski definition) is 3. The van der Waals surface area contributed by atoms with Crippen LogP contribution in [0, 0.1) is 5.92 Å². The first-order chi connectivity index (χ1) is 12.0. The number of benzene rings is 1. The van der Waals surface area contributed by atoms with Gasteiger partial charge >= 0.3 is 12.0 Å². The van der Waals surface area contributed by atoms with E-state index < -0.39 is 5.97 Å². The molecule has 0 spiro atoms. The largest absolute Gasteiger partial charge is 0.481 e. The fourth-order valence-electron chi connectivity index (χ4n) is 3.29. The second-order valence-corrected chi connectivity index (χ2v) is 6.77. The smallest absolute Gasteiger partial charge is 0.315 e. The third kappa shape index (κ3) is 4.49. The van der Waals surface area contributed by atoms with E-state index in [9.17, 15) is 14.4 Å². The maximum atomic E-state index is 11.9. The topological polar surface area (TPSA) is 98.7 Å². The predicted molar refractivity (Wildman–Crippen MR) is 90.6 cm³/mol. The number of hydrogen-bond donors (Lipinski definition) is 3. The minimum atomic E-state index is -0.799. The van der Waals surface area contributed by atoms with E-state index in [0.29, 0.717) is 32.4 Å². The van der Waals surface area contributed by atoms with Crippen molar-refractivity contribution >= 4 is 17.9 Å². The van der Waals surface area contributed by atoms with Gasteiger partial charge in [-0.05, 0) is 30.4 Å². The first kappa shape index (κ1) is 17.3. The second-order valence-electron chi connectivity index (χ2n) is 6.77. The molecule has 2 aliphatic rings. The minimum absolute atomic E-state index is 0.0615. The maximum absolute atomic E-state index is 11.9. The minimum Gasteiger partial charge on any atom is -0.481 e. The van der Waals surface area contributed by atoms with Crippen molar-refractivity contribution in [3.05, 3.63) is 35.4 Å². The molecule has 1 aromatic rings. The highest BCUT2D eigenvalue weighted by Crippen LogP contribution is 2.27. The molecule has 3 amide bonds. The van der Waals surface area contributed by atoms with Crippen LogP contribution >= 0.6 is 0 Å². The normalized spacial score (nSPS) is 22.4. The number of rotatable bonds is 6. The molecular formula is C18H23N3O4. The quantitative estimate of drug-likeness (QED) is 0.727. The van der Waals surface area contributed by atoms with Crippen molar-refractivity contribution in [1.29, 1.82) is 0 Å². The molecular weight excluding hydrogens is 322 g/mol. The van der Waals surface area contributed by atoms with Crippen molar-refractivity contribution in [2.45, 2.75) is 44.8 Å².